The van der Waals surface area contributed by atoms with Crippen LogP contribution in [0.15, 0.2) is 4.52 Å². The summed E-state index contributed by atoms with van der Waals surface area (Å²) in [6, 6.07) is -0.226. The minimum atomic E-state index is -0.835. The van der Waals surface area contributed by atoms with Gasteiger partial charge in [0.05, 0.1) is 11.6 Å². The molecule has 22 heavy (non-hydrogen) atoms. The number of aliphatic carboxylic acids is 1. The number of nitrogens with zero attached hydrogens (tertiary/aromatic N) is 2. The van der Waals surface area contributed by atoms with Crippen molar-refractivity contribution in [2.75, 3.05) is 13.1 Å². The Labute approximate surface area is 129 Å². The molecule has 1 aromatic heterocycles. The Morgan fingerprint density at radius 2 is 2.18 bits per heavy atom. The molecule has 0 aliphatic carbocycles. The number of urea groups is 1. The molecule has 1 fully saturated rings. The minimum Gasteiger partial charge on any atom is -0.481 e. The number of carbonyl (C=O) groups is 2. The van der Waals surface area contributed by atoms with Crippen molar-refractivity contribution < 1.29 is 19.2 Å². The second kappa shape index (κ2) is 7.29. The molecule has 1 atom stereocenters. The van der Waals surface area contributed by atoms with Gasteiger partial charge in [-0.2, -0.15) is 0 Å². The van der Waals surface area contributed by atoms with Crippen LogP contribution in [0.2, 0.25) is 0 Å². The van der Waals surface area contributed by atoms with Gasteiger partial charge in [0.25, 0.3) is 0 Å². The molecule has 122 valence electrons. The Morgan fingerprint density at radius 1 is 1.41 bits per heavy atom. The molecule has 1 aromatic rings. The van der Waals surface area contributed by atoms with E-state index in [1.54, 1.807) is 4.90 Å². The lowest BCUT2D eigenvalue weighted by atomic mass is 9.99. The third kappa shape index (κ3) is 3.58. The number of carboxylic acids is 1. The first-order chi connectivity index (χ1) is 10.6. The Balaban J connectivity index is 1.95. The van der Waals surface area contributed by atoms with Crippen molar-refractivity contribution in [2.24, 2.45) is 5.92 Å². The first-order valence-corrected chi connectivity index (χ1v) is 7.78. The fraction of sp³-hybridized carbons (Fsp3) is 0.667. The number of aromatic nitrogens is 1. The van der Waals surface area contributed by atoms with Crippen molar-refractivity contribution in [3.05, 3.63) is 17.0 Å². The number of hydrogen-bond acceptors (Lipinski definition) is 4. The molecular weight excluding hydrogens is 286 g/mol. The summed E-state index contributed by atoms with van der Waals surface area (Å²) in [5.74, 6) is -0.509. The van der Waals surface area contributed by atoms with E-state index in [1.807, 2.05) is 13.8 Å². The number of amides is 2. The van der Waals surface area contributed by atoms with Crippen LogP contribution in [0.3, 0.4) is 0 Å². The molecule has 2 rings (SSSR count). The summed E-state index contributed by atoms with van der Waals surface area (Å²) in [5.41, 5.74) is 1.80. The highest BCUT2D eigenvalue weighted by Crippen LogP contribution is 2.18. The lowest BCUT2D eigenvalue weighted by Crippen LogP contribution is -2.46. The van der Waals surface area contributed by atoms with Gasteiger partial charge in [0.2, 0.25) is 0 Å². The third-order valence-corrected chi connectivity index (χ3v) is 4.08. The van der Waals surface area contributed by atoms with Gasteiger partial charge in [-0.3, -0.25) is 4.79 Å². The molecule has 7 heteroatoms. The number of carboxylic acid groups (broad SMARTS) is 1. The van der Waals surface area contributed by atoms with E-state index in [0.717, 1.165) is 36.3 Å². The van der Waals surface area contributed by atoms with Crippen molar-refractivity contribution in [3.8, 4) is 0 Å². The zero-order chi connectivity index (χ0) is 16.1. The molecule has 7 nitrogen and oxygen atoms in total. The Kier molecular flexibility index (Phi) is 5.41. The van der Waals surface area contributed by atoms with Crippen LogP contribution in [0.5, 0.6) is 0 Å². The number of likely N-dealkylation sites (tertiary alicyclic amines) is 1. The van der Waals surface area contributed by atoms with Crippen molar-refractivity contribution in [1.82, 2.24) is 15.4 Å². The van der Waals surface area contributed by atoms with Gasteiger partial charge >= 0.3 is 12.0 Å². The summed E-state index contributed by atoms with van der Waals surface area (Å²) in [6.07, 6.45) is 2.82. The largest absolute Gasteiger partial charge is 0.481 e. The monoisotopic (exact) mass is 309 g/mol. The maximum Gasteiger partial charge on any atom is 0.317 e. The number of carbonyl (C=O) groups excluding carboxylic acids is 1. The average molecular weight is 309 g/mol. The molecule has 1 aliphatic heterocycles. The first-order valence-electron chi connectivity index (χ1n) is 7.78. The van der Waals surface area contributed by atoms with Gasteiger partial charge in [-0.05, 0) is 19.3 Å². The molecule has 2 N–H and O–H groups in total. The lowest BCUT2D eigenvalue weighted by molar-refractivity contribution is -0.143. The van der Waals surface area contributed by atoms with Crippen molar-refractivity contribution >= 4 is 12.0 Å². The highest BCUT2D eigenvalue weighted by molar-refractivity contribution is 5.76. The number of nitrogens with one attached hydrogen (secondary N) is 1. The first kappa shape index (κ1) is 16.3. The Bertz CT molecular complexity index is 519. The van der Waals surface area contributed by atoms with E-state index in [2.05, 4.69) is 10.5 Å². The Hall–Kier alpha value is -2.05. The van der Waals surface area contributed by atoms with Crippen LogP contribution >= 0.6 is 0 Å². The molecule has 0 radical (unpaired) electrons. The lowest BCUT2D eigenvalue weighted by Gasteiger charge is -2.30. The second-order valence-corrected chi connectivity index (χ2v) is 5.52. The van der Waals surface area contributed by atoms with Gasteiger partial charge in [0.15, 0.2) is 0 Å². The molecule has 1 aliphatic rings. The fourth-order valence-corrected chi connectivity index (χ4v) is 2.78. The van der Waals surface area contributed by atoms with E-state index in [1.165, 1.54) is 0 Å². The summed E-state index contributed by atoms with van der Waals surface area (Å²) >= 11 is 0. The summed E-state index contributed by atoms with van der Waals surface area (Å²) in [6.45, 7) is 5.20. The summed E-state index contributed by atoms with van der Waals surface area (Å²) < 4.78 is 5.27. The highest BCUT2D eigenvalue weighted by Gasteiger charge is 2.28. The molecule has 0 spiro atoms. The number of piperidine rings is 1. The van der Waals surface area contributed by atoms with Crippen molar-refractivity contribution in [3.63, 3.8) is 0 Å². The SMILES string of the molecule is CCc1noc(CC)c1CNC(=O)N1CCCC(C(=O)O)C1. The number of hydrogen-bond donors (Lipinski definition) is 2. The van der Waals surface area contributed by atoms with Crippen molar-refractivity contribution in [2.45, 2.75) is 46.1 Å². The molecule has 0 aromatic carbocycles. The Morgan fingerprint density at radius 3 is 2.82 bits per heavy atom. The topological polar surface area (TPSA) is 95.7 Å². The quantitative estimate of drug-likeness (QED) is 0.864. The second-order valence-electron chi connectivity index (χ2n) is 5.52. The normalized spacial score (nSPS) is 18.3. The van der Waals surface area contributed by atoms with E-state index in [0.29, 0.717) is 19.5 Å². The van der Waals surface area contributed by atoms with Crippen LogP contribution in [0.4, 0.5) is 4.79 Å². The van der Waals surface area contributed by atoms with E-state index >= 15 is 0 Å². The molecule has 1 unspecified atom stereocenters. The predicted molar refractivity (Wildman–Crippen MR) is 79.4 cm³/mol. The minimum absolute atomic E-state index is 0.226. The van der Waals surface area contributed by atoms with Gasteiger partial charge in [0, 0.05) is 31.6 Å². The number of rotatable bonds is 5. The van der Waals surface area contributed by atoms with E-state index in [4.69, 9.17) is 9.63 Å². The van der Waals surface area contributed by atoms with Crippen LogP contribution in [-0.2, 0) is 24.2 Å². The standard InChI is InChI=1S/C15H23N3O4/c1-3-12-11(13(4-2)22-17-12)8-16-15(21)18-7-5-6-10(9-18)14(19)20/h10H,3-9H2,1-2H3,(H,16,21)(H,19,20). The van der Waals surface area contributed by atoms with Crippen LogP contribution in [-0.4, -0.2) is 40.3 Å². The summed E-state index contributed by atoms with van der Waals surface area (Å²) in [5, 5.41) is 15.9. The van der Waals surface area contributed by atoms with Gasteiger partial charge in [-0.15, -0.1) is 0 Å². The maximum atomic E-state index is 12.2. The highest BCUT2D eigenvalue weighted by atomic mass is 16.5. The average Bonchev–Trinajstić information content (AvgIpc) is 2.94. The van der Waals surface area contributed by atoms with Crippen LogP contribution in [0, 0.1) is 5.92 Å². The van der Waals surface area contributed by atoms with E-state index in [9.17, 15) is 9.59 Å². The van der Waals surface area contributed by atoms with Gasteiger partial charge in [-0.1, -0.05) is 19.0 Å². The van der Waals surface area contributed by atoms with E-state index < -0.39 is 11.9 Å². The fourth-order valence-electron chi connectivity index (χ4n) is 2.78. The van der Waals surface area contributed by atoms with Gasteiger partial charge < -0.3 is 19.8 Å². The van der Waals surface area contributed by atoms with Crippen LogP contribution in [0.1, 0.15) is 43.7 Å². The molecule has 1 saturated heterocycles. The molecule has 2 amide bonds. The predicted octanol–water partition coefficient (Wildman–Crippen LogP) is 1.81. The third-order valence-electron chi connectivity index (χ3n) is 4.08. The maximum absolute atomic E-state index is 12.2. The zero-order valence-corrected chi connectivity index (χ0v) is 13.1. The molecule has 2 heterocycles. The van der Waals surface area contributed by atoms with Gasteiger partial charge in [0.1, 0.15) is 5.76 Å². The smallest absolute Gasteiger partial charge is 0.317 e. The summed E-state index contributed by atoms with van der Waals surface area (Å²) in [7, 11) is 0. The molecular formula is C15H23N3O4. The van der Waals surface area contributed by atoms with Crippen molar-refractivity contribution in [1.29, 1.82) is 0 Å². The summed E-state index contributed by atoms with van der Waals surface area (Å²) in [4.78, 5) is 24.9. The van der Waals surface area contributed by atoms with Crippen LogP contribution < -0.4 is 5.32 Å². The molecule has 0 bridgehead atoms. The molecule has 0 saturated carbocycles. The van der Waals surface area contributed by atoms with E-state index in [-0.39, 0.29) is 12.6 Å². The zero-order valence-electron chi connectivity index (χ0n) is 13.1. The number of aryl methyl sites for hydroxylation is 2. The van der Waals surface area contributed by atoms with Crippen LogP contribution in [0.25, 0.3) is 0 Å². The van der Waals surface area contributed by atoms with Gasteiger partial charge in [-0.25, -0.2) is 4.79 Å².